The van der Waals surface area contributed by atoms with E-state index in [1.165, 1.54) is 18.2 Å². The van der Waals surface area contributed by atoms with E-state index in [0.717, 1.165) is 6.07 Å². The summed E-state index contributed by atoms with van der Waals surface area (Å²) in [6.45, 7) is 1.55. The Morgan fingerprint density at radius 1 is 1.38 bits per heavy atom. The van der Waals surface area contributed by atoms with Crippen LogP contribution in [0.1, 0.15) is 16.7 Å². The van der Waals surface area contributed by atoms with Gasteiger partial charge in [0.05, 0.1) is 16.6 Å². The summed E-state index contributed by atoms with van der Waals surface area (Å²) in [4.78, 5) is 10.5. The lowest BCUT2D eigenvalue weighted by atomic mass is 10.1. The van der Waals surface area contributed by atoms with E-state index < -0.39 is 10.7 Å². The van der Waals surface area contributed by atoms with Gasteiger partial charge >= 0.3 is 5.69 Å². The van der Waals surface area contributed by atoms with Crippen LogP contribution in [0, 0.1) is 34.2 Å². The molecule has 0 unspecified atom stereocenters. The number of nitro benzene ring substituents is 1. The fraction of sp³-hybridized carbons (Fsp3) is 0.133. The van der Waals surface area contributed by atoms with E-state index in [-0.39, 0.29) is 23.6 Å². The molecule has 2 rings (SSSR count). The summed E-state index contributed by atoms with van der Waals surface area (Å²) in [6.07, 6.45) is 0. The van der Waals surface area contributed by atoms with Crippen LogP contribution in [0.2, 0.25) is 0 Å². The first-order valence-electron chi connectivity index (χ1n) is 6.07. The fourth-order valence-electron chi connectivity index (χ4n) is 1.94. The van der Waals surface area contributed by atoms with Crippen LogP contribution in [0.15, 0.2) is 36.4 Å². The number of nitro groups is 1. The van der Waals surface area contributed by atoms with E-state index in [4.69, 9.17) is 10.00 Å². The zero-order valence-corrected chi connectivity index (χ0v) is 11.2. The largest absolute Gasteiger partial charge is 0.482 e. The van der Waals surface area contributed by atoms with E-state index in [2.05, 4.69) is 0 Å². The van der Waals surface area contributed by atoms with E-state index in [1.54, 1.807) is 19.1 Å². The molecule has 0 saturated heterocycles. The maximum atomic E-state index is 13.3. The van der Waals surface area contributed by atoms with Crippen molar-refractivity contribution in [2.45, 2.75) is 13.5 Å². The zero-order chi connectivity index (χ0) is 15.4. The molecule has 2 aromatic carbocycles. The topological polar surface area (TPSA) is 76.2 Å². The highest BCUT2D eigenvalue weighted by Crippen LogP contribution is 2.30. The molecule has 0 spiro atoms. The van der Waals surface area contributed by atoms with Gasteiger partial charge in [-0.3, -0.25) is 10.1 Å². The second-order valence-corrected chi connectivity index (χ2v) is 4.43. The molecule has 0 fully saturated rings. The minimum atomic E-state index is -0.550. The summed E-state index contributed by atoms with van der Waals surface area (Å²) in [7, 11) is 0. The van der Waals surface area contributed by atoms with Crippen molar-refractivity contribution in [3.8, 4) is 11.8 Å². The average Bonchev–Trinajstić information content (AvgIpc) is 2.44. The number of rotatable bonds is 4. The second-order valence-electron chi connectivity index (χ2n) is 4.43. The van der Waals surface area contributed by atoms with Crippen LogP contribution in [0.3, 0.4) is 0 Å². The summed E-state index contributed by atoms with van der Waals surface area (Å²) in [5, 5.41) is 19.8. The highest BCUT2D eigenvalue weighted by molar-refractivity contribution is 5.52. The molecule has 2 aromatic rings. The molecule has 0 N–H and O–H groups in total. The van der Waals surface area contributed by atoms with Crippen LogP contribution in [0.4, 0.5) is 10.1 Å². The molecule has 21 heavy (non-hydrogen) atoms. The molecule has 0 atom stereocenters. The summed E-state index contributed by atoms with van der Waals surface area (Å²) in [5.41, 5.74) is 0.971. The van der Waals surface area contributed by atoms with Crippen molar-refractivity contribution in [1.82, 2.24) is 0 Å². The number of hydrogen-bond acceptors (Lipinski definition) is 4. The third-order valence-electron chi connectivity index (χ3n) is 2.86. The van der Waals surface area contributed by atoms with E-state index in [9.17, 15) is 14.5 Å². The van der Waals surface area contributed by atoms with Crippen molar-refractivity contribution in [3.63, 3.8) is 0 Å². The zero-order valence-electron chi connectivity index (χ0n) is 11.2. The Kier molecular flexibility index (Phi) is 4.14. The first-order chi connectivity index (χ1) is 10.0. The second kappa shape index (κ2) is 6.01. The lowest BCUT2D eigenvalue weighted by Crippen LogP contribution is -2.01. The number of benzene rings is 2. The number of nitrogens with zero attached hydrogens (tertiary/aromatic N) is 2. The Bertz CT molecular complexity index is 738. The van der Waals surface area contributed by atoms with Crippen LogP contribution < -0.4 is 4.74 Å². The predicted molar refractivity (Wildman–Crippen MR) is 73.3 cm³/mol. The Balaban J connectivity index is 2.25. The third kappa shape index (κ3) is 3.34. The Labute approximate surface area is 120 Å². The standard InChI is InChI=1S/C15H11FN2O3/c1-10-3-2-4-14(15(10)18(19)20)21-9-12-5-11(8-17)6-13(16)7-12/h2-7H,9H2,1H3. The Morgan fingerprint density at radius 2 is 2.14 bits per heavy atom. The molecular formula is C15H11FN2O3. The van der Waals surface area contributed by atoms with Gasteiger partial charge in [0.15, 0.2) is 5.75 Å². The summed E-state index contributed by atoms with van der Waals surface area (Å²) in [5.74, 6) is -0.436. The maximum Gasteiger partial charge on any atom is 0.313 e. The molecular weight excluding hydrogens is 275 g/mol. The van der Waals surface area contributed by atoms with Gasteiger partial charge in [0.25, 0.3) is 0 Å². The van der Waals surface area contributed by atoms with E-state index >= 15 is 0 Å². The van der Waals surface area contributed by atoms with Crippen molar-refractivity contribution in [2.75, 3.05) is 0 Å². The van der Waals surface area contributed by atoms with Gasteiger partial charge in [-0.05, 0) is 36.8 Å². The van der Waals surface area contributed by atoms with Gasteiger partial charge in [0.1, 0.15) is 12.4 Å². The normalized spacial score (nSPS) is 9.95. The van der Waals surface area contributed by atoms with Crippen LogP contribution in [0.25, 0.3) is 0 Å². The Hall–Kier alpha value is -2.94. The molecule has 0 radical (unpaired) electrons. The van der Waals surface area contributed by atoms with Gasteiger partial charge in [-0.25, -0.2) is 4.39 Å². The summed E-state index contributed by atoms with van der Waals surface area (Å²) >= 11 is 0. The summed E-state index contributed by atoms with van der Waals surface area (Å²) in [6, 6.07) is 10.4. The molecule has 0 aliphatic carbocycles. The Morgan fingerprint density at radius 3 is 2.81 bits per heavy atom. The van der Waals surface area contributed by atoms with Crippen molar-refractivity contribution in [1.29, 1.82) is 5.26 Å². The fourth-order valence-corrected chi connectivity index (χ4v) is 1.94. The highest BCUT2D eigenvalue weighted by atomic mass is 19.1. The molecule has 0 bridgehead atoms. The van der Waals surface area contributed by atoms with Crippen molar-refractivity contribution >= 4 is 5.69 Å². The predicted octanol–water partition coefficient (Wildman–Crippen LogP) is 3.49. The van der Waals surface area contributed by atoms with Crippen molar-refractivity contribution in [3.05, 3.63) is 69.0 Å². The average molecular weight is 286 g/mol. The smallest absolute Gasteiger partial charge is 0.313 e. The molecule has 5 nitrogen and oxygen atoms in total. The van der Waals surface area contributed by atoms with Gasteiger partial charge in [-0.2, -0.15) is 5.26 Å². The number of aryl methyl sites for hydroxylation is 1. The van der Waals surface area contributed by atoms with E-state index in [1.807, 2.05) is 6.07 Å². The van der Waals surface area contributed by atoms with Crippen LogP contribution >= 0.6 is 0 Å². The first kappa shape index (κ1) is 14.5. The number of halogens is 1. The van der Waals surface area contributed by atoms with Crippen LogP contribution in [0.5, 0.6) is 5.75 Å². The lowest BCUT2D eigenvalue weighted by molar-refractivity contribution is -0.386. The van der Waals surface area contributed by atoms with Crippen LogP contribution in [-0.4, -0.2) is 4.92 Å². The molecule has 0 heterocycles. The number of nitriles is 1. The molecule has 0 amide bonds. The molecule has 106 valence electrons. The number of para-hydroxylation sites is 1. The first-order valence-corrected chi connectivity index (χ1v) is 6.07. The van der Waals surface area contributed by atoms with Crippen molar-refractivity contribution < 1.29 is 14.1 Å². The van der Waals surface area contributed by atoms with Gasteiger partial charge in [-0.15, -0.1) is 0 Å². The van der Waals surface area contributed by atoms with Gasteiger partial charge in [-0.1, -0.05) is 12.1 Å². The lowest BCUT2D eigenvalue weighted by Gasteiger charge is -2.08. The highest BCUT2D eigenvalue weighted by Gasteiger charge is 2.18. The number of hydrogen-bond donors (Lipinski definition) is 0. The van der Waals surface area contributed by atoms with Gasteiger partial charge in [0.2, 0.25) is 0 Å². The van der Waals surface area contributed by atoms with Gasteiger partial charge < -0.3 is 4.74 Å². The SMILES string of the molecule is Cc1cccc(OCc2cc(F)cc(C#N)c2)c1[N+](=O)[O-]. The molecule has 0 aliphatic heterocycles. The van der Waals surface area contributed by atoms with Crippen LogP contribution in [-0.2, 0) is 6.61 Å². The molecule has 0 aliphatic rings. The monoisotopic (exact) mass is 286 g/mol. The number of ether oxygens (including phenoxy) is 1. The minimum Gasteiger partial charge on any atom is -0.482 e. The summed E-state index contributed by atoms with van der Waals surface area (Å²) < 4.78 is 18.7. The molecule has 0 saturated carbocycles. The quantitative estimate of drug-likeness (QED) is 0.636. The molecule has 0 aromatic heterocycles. The maximum absolute atomic E-state index is 13.3. The minimum absolute atomic E-state index is 0.0588. The van der Waals surface area contributed by atoms with E-state index in [0.29, 0.717) is 11.1 Å². The van der Waals surface area contributed by atoms with Gasteiger partial charge in [0, 0.05) is 5.56 Å². The third-order valence-corrected chi connectivity index (χ3v) is 2.86. The van der Waals surface area contributed by atoms with Crippen molar-refractivity contribution in [2.24, 2.45) is 0 Å². The molecule has 6 heteroatoms.